The van der Waals surface area contributed by atoms with E-state index in [4.69, 9.17) is 17.3 Å². The van der Waals surface area contributed by atoms with Crippen LogP contribution < -0.4 is 5.73 Å². The average Bonchev–Trinajstić information content (AvgIpc) is 2.41. The van der Waals surface area contributed by atoms with Gasteiger partial charge in [0.15, 0.2) is 5.82 Å². The zero-order chi connectivity index (χ0) is 14.9. The molecule has 1 aromatic carbocycles. The normalized spacial score (nSPS) is 22.1. The number of sulfonamides is 1. The zero-order valence-electron chi connectivity index (χ0n) is 11.1. The molecule has 8 heteroatoms. The third-order valence-electron chi connectivity index (χ3n) is 3.41. The highest BCUT2D eigenvalue weighted by Gasteiger charge is 2.36. The maximum Gasteiger partial charge on any atom is 0.246 e. The molecule has 112 valence electrons. The van der Waals surface area contributed by atoms with Crippen molar-refractivity contribution in [1.29, 1.82) is 0 Å². The standard InChI is InChI=1S/C12H17ClFN3O2S/c1-16-5-6-17(9(7-15)8-16)20(18,19)11-4-2-3-10(13)12(11)14/h2-4,9H,5-8,15H2,1H3. The van der Waals surface area contributed by atoms with Crippen molar-refractivity contribution in [3.63, 3.8) is 0 Å². The Bertz CT molecular complexity index is 596. The minimum absolute atomic E-state index is 0.186. The van der Waals surface area contributed by atoms with Crippen LogP contribution in [0, 0.1) is 5.82 Å². The summed E-state index contributed by atoms with van der Waals surface area (Å²) in [6.07, 6.45) is 0. The number of hydrogen-bond donors (Lipinski definition) is 1. The number of benzene rings is 1. The molecule has 1 atom stereocenters. The fourth-order valence-electron chi connectivity index (χ4n) is 2.31. The second-order valence-corrected chi connectivity index (χ2v) is 7.09. The van der Waals surface area contributed by atoms with Gasteiger partial charge in [0, 0.05) is 26.2 Å². The van der Waals surface area contributed by atoms with Gasteiger partial charge in [-0.3, -0.25) is 0 Å². The maximum absolute atomic E-state index is 14.0. The van der Waals surface area contributed by atoms with Gasteiger partial charge in [0.05, 0.1) is 11.1 Å². The molecule has 1 aliphatic rings. The van der Waals surface area contributed by atoms with Crippen LogP contribution in [0.3, 0.4) is 0 Å². The Labute approximate surface area is 123 Å². The number of nitrogens with zero attached hydrogens (tertiary/aromatic N) is 2. The largest absolute Gasteiger partial charge is 0.329 e. The molecule has 0 spiro atoms. The van der Waals surface area contributed by atoms with Crippen molar-refractivity contribution in [3.8, 4) is 0 Å². The van der Waals surface area contributed by atoms with Gasteiger partial charge in [-0.15, -0.1) is 0 Å². The molecule has 0 radical (unpaired) electrons. The predicted octanol–water partition coefficient (Wildman–Crippen LogP) is 0.743. The molecule has 0 aromatic heterocycles. The van der Waals surface area contributed by atoms with Crippen LogP contribution in [-0.2, 0) is 10.0 Å². The summed E-state index contributed by atoms with van der Waals surface area (Å²) in [5.41, 5.74) is 5.65. The van der Waals surface area contributed by atoms with Gasteiger partial charge in [0.1, 0.15) is 4.90 Å². The fraction of sp³-hybridized carbons (Fsp3) is 0.500. The summed E-state index contributed by atoms with van der Waals surface area (Å²) in [6.45, 7) is 1.58. The van der Waals surface area contributed by atoms with Gasteiger partial charge in [-0.25, -0.2) is 12.8 Å². The van der Waals surface area contributed by atoms with Crippen LogP contribution in [0.4, 0.5) is 4.39 Å². The SMILES string of the molecule is CN1CCN(S(=O)(=O)c2cccc(Cl)c2F)C(CN)C1. The molecule has 1 unspecified atom stereocenters. The summed E-state index contributed by atoms with van der Waals surface area (Å²) < 4.78 is 40.4. The summed E-state index contributed by atoms with van der Waals surface area (Å²) >= 11 is 5.66. The molecule has 1 fully saturated rings. The third-order valence-corrected chi connectivity index (χ3v) is 5.67. The lowest BCUT2D eigenvalue weighted by Gasteiger charge is -2.38. The zero-order valence-corrected chi connectivity index (χ0v) is 12.7. The number of halogens is 2. The first-order chi connectivity index (χ1) is 9.37. The Morgan fingerprint density at radius 3 is 2.80 bits per heavy atom. The average molecular weight is 322 g/mol. The lowest BCUT2D eigenvalue weighted by molar-refractivity contribution is 0.163. The third kappa shape index (κ3) is 2.82. The van der Waals surface area contributed by atoms with Gasteiger partial charge < -0.3 is 10.6 Å². The van der Waals surface area contributed by atoms with Crippen LogP contribution in [0.15, 0.2) is 23.1 Å². The molecule has 0 bridgehead atoms. The highest BCUT2D eigenvalue weighted by atomic mass is 35.5. The van der Waals surface area contributed by atoms with Gasteiger partial charge in [-0.2, -0.15) is 4.31 Å². The lowest BCUT2D eigenvalue weighted by Crippen LogP contribution is -2.56. The molecule has 5 nitrogen and oxygen atoms in total. The number of rotatable bonds is 3. The second-order valence-electron chi connectivity index (χ2n) is 4.82. The van der Waals surface area contributed by atoms with E-state index < -0.39 is 20.7 Å². The summed E-state index contributed by atoms with van der Waals surface area (Å²) in [7, 11) is -2.04. The summed E-state index contributed by atoms with van der Waals surface area (Å²) in [6, 6.07) is 3.60. The molecule has 1 aromatic rings. The fourth-order valence-corrected chi connectivity index (χ4v) is 4.25. The molecule has 1 aliphatic heterocycles. The van der Waals surface area contributed by atoms with E-state index in [0.717, 1.165) is 0 Å². The molecular weight excluding hydrogens is 305 g/mol. The van der Waals surface area contributed by atoms with Crippen LogP contribution in [0.5, 0.6) is 0 Å². The van der Waals surface area contributed by atoms with Crippen molar-refractivity contribution in [2.24, 2.45) is 5.73 Å². The van der Waals surface area contributed by atoms with E-state index in [9.17, 15) is 12.8 Å². The molecule has 0 saturated carbocycles. The van der Waals surface area contributed by atoms with Crippen LogP contribution in [0.2, 0.25) is 5.02 Å². The molecule has 1 heterocycles. The second kappa shape index (κ2) is 5.95. The summed E-state index contributed by atoms with van der Waals surface area (Å²) in [4.78, 5) is 1.60. The van der Waals surface area contributed by atoms with E-state index in [0.29, 0.717) is 13.1 Å². The number of nitrogens with two attached hydrogens (primary N) is 1. The molecule has 0 amide bonds. The number of likely N-dealkylation sites (N-methyl/N-ethyl adjacent to an activating group) is 1. The Morgan fingerprint density at radius 2 is 2.15 bits per heavy atom. The smallest absolute Gasteiger partial charge is 0.246 e. The van der Waals surface area contributed by atoms with Gasteiger partial charge in [0.25, 0.3) is 0 Å². The molecule has 2 N–H and O–H groups in total. The summed E-state index contributed by atoms with van der Waals surface area (Å²) in [5, 5.41) is -0.204. The van der Waals surface area contributed by atoms with Crippen molar-refractivity contribution in [1.82, 2.24) is 9.21 Å². The van der Waals surface area contributed by atoms with Gasteiger partial charge in [0.2, 0.25) is 10.0 Å². The van der Waals surface area contributed by atoms with Gasteiger partial charge in [-0.05, 0) is 19.2 Å². The van der Waals surface area contributed by atoms with Crippen molar-refractivity contribution in [3.05, 3.63) is 29.0 Å². The number of hydrogen-bond acceptors (Lipinski definition) is 4. The van der Waals surface area contributed by atoms with Crippen LogP contribution in [0.25, 0.3) is 0 Å². The summed E-state index contributed by atoms with van der Waals surface area (Å²) in [5.74, 6) is -0.913. The lowest BCUT2D eigenvalue weighted by atomic mass is 10.2. The van der Waals surface area contributed by atoms with E-state index in [2.05, 4.69) is 0 Å². The number of piperazine rings is 1. The first-order valence-electron chi connectivity index (χ1n) is 6.22. The minimum Gasteiger partial charge on any atom is -0.329 e. The first-order valence-corrected chi connectivity index (χ1v) is 8.04. The van der Waals surface area contributed by atoms with E-state index in [1.54, 1.807) is 0 Å². The van der Waals surface area contributed by atoms with Gasteiger partial charge >= 0.3 is 0 Å². The predicted molar refractivity (Wildman–Crippen MR) is 75.6 cm³/mol. The molecule has 1 saturated heterocycles. The van der Waals surface area contributed by atoms with Crippen molar-refractivity contribution in [2.45, 2.75) is 10.9 Å². The van der Waals surface area contributed by atoms with Crippen molar-refractivity contribution < 1.29 is 12.8 Å². The van der Waals surface area contributed by atoms with Crippen molar-refractivity contribution in [2.75, 3.05) is 33.2 Å². The van der Waals surface area contributed by atoms with E-state index in [-0.39, 0.29) is 24.2 Å². The molecule has 2 rings (SSSR count). The first kappa shape index (κ1) is 15.7. The van der Waals surface area contributed by atoms with Gasteiger partial charge in [-0.1, -0.05) is 17.7 Å². The van der Waals surface area contributed by atoms with Crippen LogP contribution in [-0.4, -0.2) is 56.9 Å². The van der Waals surface area contributed by atoms with Crippen LogP contribution >= 0.6 is 11.6 Å². The Morgan fingerprint density at radius 1 is 1.45 bits per heavy atom. The molecule has 20 heavy (non-hydrogen) atoms. The Balaban J connectivity index is 2.41. The maximum atomic E-state index is 14.0. The quantitative estimate of drug-likeness (QED) is 0.892. The highest BCUT2D eigenvalue weighted by molar-refractivity contribution is 7.89. The monoisotopic (exact) mass is 321 g/mol. The van der Waals surface area contributed by atoms with E-state index in [1.807, 2.05) is 11.9 Å². The Kier molecular flexibility index (Phi) is 4.66. The van der Waals surface area contributed by atoms with E-state index >= 15 is 0 Å². The minimum atomic E-state index is -3.93. The van der Waals surface area contributed by atoms with Crippen molar-refractivity contribution >= 4 is 21.6 Å². The Hall–Kier alpha value is -0.730. The highest BCUT2D eigenvalue weighted by Crippen LogP contribution is 2.26. The molecule has 0 aliphatic carbocycles. The molecular formula is C12H17ClFN3O2S. The van der Waals surface area contributed by atoms with Crippen LogP contribution in [0.1, 0.15) is 0 Å². The topological polar surface area (TPSA) is 66.6 Å². The van der Waals surface area contributed by atoms with E-state index in [1.165, 1.54) is 22.5 Å².